The fourth-order valence-corrected chi connectivity index (χ4v) is 3.78. The van der Waals surface area contributed by atoms with Gasteiger partial charge in [-0.3, -0.25) is 4.79 Å². The van der Waals surface area contributed by atoms with E-state index in [0.29, 0.717) is 11.1 Å². The fraction of sp³-hybridized carbons (Fsp3) is 0.227. The van der Waals surface area contributed by atoms with E-state index in [-0.39, 0.29) is 17.7 Å². The molecule has 1 amide bonds. The zero-order valence-corrected chi connectivity index (χ0v) is 17.1. The highest BCUT2D eigenvalue weighted by molar-refractivity contribution is 7.99. The van der Waals surface area contributed by atoms with Gasteiger partial charge in [0.15, 0.2) is 0 Å². The van der Waals surface area contributed by atoms with Crippen molar-refractivity contribution in [2.24, 2.45) is 0 Å². The van der Waals surface area contributed by atoms with Crippen molar-refractivity contribution in [1.82, 2.24) is 20.5 Å². The Bertz CT molecular complexity index is 1120. The zero-order valence-electron chi connectivity index (χ0n) is 16.3. The number of para-hydroxylation sites is 1. The standard InChI is InChI=1S/C22H22N4O2S/c1-3-18(15-10-8-14(2)9-11-15)24-20(27)13-29-22-26-25-21(28-22)17-12-23-19-7-5-4-6-16(17)19/h4-12,18,23H,3,13H2,1-2H3,(H,24,27)/t18-/m1/s1. The van der Waals surface area contributed by atoms with E-state index in [4.69, 9.17) is 4.42 Å². The Morgan fingerprint density at radius 3 is 2.76 bits per heavy atom. The van der Waals surface area contributed by atoms with Crippen LogP contribution in [0.1, 0.15) is 30.5 Å². The van der Waals surface area contributed by atoms with E-state index in [1.165, 1.54) is 17.3 Å². The maximum absolute atomic E-state index is 12.4. The number of rotatable bonds is 7. The van der Waals surface area contributed by atoms with Crippen molar-refractivity contribution >= 4 is 28.6 Å². The van der Waals surface area contributed by atoms with Gasteiger partial charge in [-0.2, -0.15) is 0 Å². The summed E-state index contributed by atoms with van der Waals surface area (Å²) in [7, 11) is 0. The lowest BCUT2D eigenvalue weighted by Crippen LogP contribution is -2.29. The number of amides is 1. The molecule has 4 rings (SSSR count). The number of thioether (sulfide) groups is 1. The number of benzene rings is 2. The maximum atomic E-state index is 12.4. The number of nitrogens with zero attached hydrogens (tertiary/aromatic N) is 2. The predicted octanol–water partition coefficient (Wildman–Crippen LogP) is 4.89. The maximum Gasteiger partial charge on any atom is 0.277 e. The Hall–Kier alpha value is -3.06. The number of aromatic amines is 1. The summed E-state index contributed by atoms with van der Waals surface area (Å²) in [5.74, 6) is 0.600. The van der Waals surface area contributed by atoms with E-state index in [0.717, 1.165) is 28.5 Å². The van der Waals surface area contributed by atoms with Gasteiger partial charge >= 0.3 is 0 Å². The van der Waals surface area contributed by atoms with E-state index in [9.17, 15) is 4.79 Å². The Morgan fingerprint density at radius 2 is 1.97 bits per heavy atom. The van der Waals surface area contributed by atoms with Crippen molar-refractivity contribution in [3.8, 4) is 11.5 Å². The van der Waals surface area contributed by atoms with Crippen LogP contribution < -0.4 is 5.32 Å². The van der Waals surface area contributed by atoms with Gasteiger partial charge in [-0.1, -0.05) is 66.7 Å². The molecule has 0 aliphatic rings. The highest BCUT2D eigenvalue weighted by Gasteiger charge is 2.16. The van der Waals surface area contributed by atoms with E-state index in [2.05, 4.69) is 58.6 Å². The van der Waals surface area contributed by atoms with Crippen LogP contribution in [0.25, 0.3) is 22.4 Å². The Balaban J connectivity index is 1.38. The molecule has 0 saturated heterocycles. The summed E-state index contributed by atoms with van der Waals surface area (Å²) in [6.07, 6.45) is 2.68. The average molecular weight is 407 g/mol. The molecular weight excluding hydrogens is 384 g/mol. The van der Waals surface area contributed by atoms with Crippen molar-refractivity contribution in [3.05, 3.63) is 65.9 Å². The van der Waals surface area contributed by atoms with Gasteiger partial charge < -0.3 is 14.7 Å². The quantitative estimate of drug-likeness (QED) is 0.427. The summed E-state index contributed by atoms with van der Waals surface area (Å²) in [5.41, 5.74) is 4.18. The van der Waals surface area contributed by atoms with Crippen molar-refractivity contribution < 1.29 is 9.21 Å². The van der Waals surface area contributed by atoms with Crippen LogP contribution in [-0.4, -0.2) is 26.8 Å². The summed E-state index contributed by atoms with van der Waals surface area (Å²) in [6.45, 7) is 4.11. The Morgan fingerprint density at radius 1 is 1.17 bits per heavy atom. The van der Waals surface area contributed by atoms with Crippen molar-refractivity contribution in [1.29, 1.82) is 0 Å². The second-order valence-corrected chi connectivity index (χ2v) is 7.78. The van der Waals surface area contributed by atoms with E-state index in [1.807, 2.05) is 30.5 Å². The number of carbonyl (C=O) groups is 1. The van der Waals surface area contributed by atoms with Crippen LogP contribution in [0.2, 0.25) is 0 Å². The molecule has 0 radical (unpaired) electrons. The number of aromatic nitrogens is 3. The number of fused-ring (bicyclic) bond motifs is 1. The van der Waals surface area contributed by atoms with Gasteiger partial charge in [0.2, 0.25) is 5.91 Å². The third kappa shape index (κ3) is 4.35. The highest BCUT2D eigenvalue weighted by Crippen LogP contribution is 2.29. The average Bonchev–Trinajstić information content (AvgIpc) is 3.38. The molecule has 2 N–H and O–H groups in total. The molecule has 0 spiro atoms. The Labute approximate surface area is 173 Å². The van der Waals surface area contributed by atoms with Gasteiger partial charge in [0.1, 0.15) is 0 Å². The van der Waals surface area contributed by atoms with Crippen LogP contribution in [0.3, 0.4) is 0 Å². The van der Waals surface area contributed by atoms with Crippen LogP contribution >= 0.6 is 11.8 Å². The van der Waals surface area contributed by atoms with Crippen LogP contribution in [0.5, 0.6) is 0 Å². The lowest BCUT2D eigenvalue weighted by molar-refractivity contribution is -0.119. The highest BCUT2D eigenvalue weighted by atomic mass is 32.2. The van der Waals surface area contributed by atoms with Crippen LogP contribution in [0.4, 0.5) is 0 Å². The molecule has 1 atom stereocenters. The second-order valence-electron chi connectivity index (χ2n) is 6.85. The van der Waals surface area contributed by atoms with Gasteiger partial charge in [-0.15, -0.1) is 10.2 Å². The number of hydrogen-bond acceptors (Lipinski definition) is 5. The minimum absolute atomic E-state index is 0.00633. The van der Waals surface area contributed by atoms with Crippen LogP contribution in [-0.2, 0) is 4.79 Å². The molecule has 4 aromatic rings. The molecule has 0 aliphatic carbocycles. The molecule has 0 saturated carbocycles. The summed E-state index contributed by atoms with van der Waals surface area (Å²) >= 11 is 1.24. The Kier molecular flexibility index (Phi) is 5.67. The van der Waals surface area contributed by atoms with Crippen molar-refractivity contribution in [3.63, 3.8) is 0 Å². The van der Waals surface area contributed by atoms with E-state index in [1.54, 1.807) is 0 Å². The first-order valence-electron chi connectivity index (χ1n) is 9.52. The molecule has 148 valence electrons. The molecule has 0 aliphatic heterocycles. The molecule has 29 heavy (non-hydrogen) atoms. The minimum atomic E-state index is -0.0609. The monoisotopic (exact) mass is 406 g/mol. The number of H-pyrrole nitrogens is 1. The molecule has 2 aromatic carbocycles. The van der Waals surface area contributed by atoms with Crippen molar-refractivity contribution in [2.45, 2.75) is 31.5 Å². The summed E-state index contributed by atoms with van der Waals surface area (Å²) in [4.78, 5) is 15.6. The normalized spacial score (nSPS) is 12.2. The minimum Gasteiger partial charge on any atom is -0.411 e. The topological polar surface area (TPSA) is 83.8 Å². The first-order chi connectivity index (χ1) is 14.1. The number of carbonyl (C=O) groups excluding carboxylic acids is 1. The largest absolute Gasteiger partial charge is 0.411 e. The third-order valence-corrected chi connectivity index (χ3v) is 5.59. The molecule has 2 heterocycles. The number of hydrogen-bond donors (Lipinski definition) is 2. The number of nitrogens with one attached hydrogen (secondary N) is 2. The molecule has 6 nitrogen and oxygen atoms in total. The predicted molar refractivity (Wildman–Crippen MR) is 115 cm³/mol. The van der Waals surface area contributed by atoms with Crippen LogP contribution in [0, 0.1) is 6.92 Å². The molecule has 2 aromatic heterocycles. The van der Waals surface area contributed by atoms with Gasteiger partial charge in [0.25, 0.3) is 11.1 Å². The third-order valence-electron chi connectivity index (χ3n) is 4.78. The van der Waals surface area contributed by atoms with Crippen LogP contribution in [0.15, 0.2) is 64.4 Å². The summed E-state index contributed by atoms with van der Waals surface area (Å²) in [6, 6.07) is 16.2. The number of aryl methyl sites for hydroxylation is 1. The molecular formula is C22H22N4O2S. The summed E-state index contributed by atoms with van der Waals surface area (Å²) < 4.78 is 5.76. The zero-order chi connectivity index (χ0) is 20.2. The smallest absolute Gasteiger partial charge is 0.277 e. The van der Waals surface area contributed by atoms with Gasteiger partial charge in [-0.25, -0.2) is 0 Å². The first kappa shape index (κ1) is 19.3. The molecule has 0 bridgehead atoms. The second kappa shape index (κ2) is 8.53. The van der Waals surface area contributed by atoms with Gasteiger partial charge in [-0.05, 0) is 25.0 Å². The SMILES string of the molecule is CC[C@@H](NC(=O)CSc1nnc(-c2c[nH]c3ccccc23)o1)c1ccc(C)cc1. The van der Waals surface area contributed by atoms with Crippen molar-refractivity contribution in [2.75, 3.05) is 5.75 Å². The molecule has 7 heteroatoms. The fourth-order valence-electron chi connectivity index (χ4n) is 3.21. The molecule has 0 fully saturated rings. The van der Waals surface area contributed by atoms with E-state index < -0.39 is 0 Å². The first-order valence-corrected chi connectivity index (χ1v) is 10.5. The van der Waals surface area contributed by atoms with E-state index >= 15 is 0 Å². The lowest BCUT2D eigenvalue weighted by Gasteiger charge is -2.17. The van der Waals surface area contributed by atoms with Gasteiger partial charge in [0.05, 0.1) is 17.4 Å². The molecule has 0 unspecified atom stereocenters. The lowest BCUT2D eigenvalue weighted by atomic mass is 10.0. The van der Waals surface area contributed by atoms with Gasteiger partial charge in [0, 0.05) is 17.1 Å². The summed E-state index contributed by atoms with van der Waals surface area (Å²) in [5, 5.41) is 12.7.